The number of benzene rings is 2. The number of nitrogens with two attached hydrogens (primary N) is 1. The molecule has 0 fully saturated rings. The average molecular weight is 557 g/mol. The standard InChI is InChI=1S/C28H31F3N6OS/c1-18(2)25(24(38)12-22-14-35-17-36(22)15-20-10-8-19(13-32)9-11-20)26(33)37(27(39)34-3)16-21-6-4-5-7-23(21)28(29,30)31/h4-11,14,17-18,25-26H,12,15-16,33H2,1-3H3,(H,34,39)/t25-,26?/m1/s1. The van der Waals surface area contributed by atoms with Crippen LogP contribution in [-0.4, -0.2) is 38.6 Å². The summed E-state index contributed by atoms with van der Waals surface area (Å²) < 4.78 is 42.8. The lowest BCUT2D eigenvalue weighted by Crippen LogP contribution is -2.55. The van der Waals surface area contributed by atoms with Crippen LogP contribution >= 0.6 is 12.2 Å². The molecular formula is C28H31F3N6OS. The first kappa shape index (κ1) is 29.8. The summed E-state index contributed by atoms with van der Waals surface area (Å²) in [7, 11) is 1.56. The summed E-state index contributed by atoms with van der Waals surface area (Å²) in [5, 5.41) is 12.0. The van der Waals surface area contributed by atoms with E-state index in [4.69, 9.17) is 23.2 Å². The number of alkyl halides is 3. The Morgan fingerprint density at radius 1 is 1.21 bits per heavy atom. The molecule has 2 aromatic carbocycles. The minimum absolute atomic E-state index is 0.00787. The van der Waals surface area contributed by atoms with E-state index in [9.17, 15) is 18.0 Å². The highest BCUT2D eigenvalue weighted by Crippen LogP contribution is 2.33. The predicted molar refractivity (Wildman–Crippen MR) is 146 cm³/mol. The van der Waals surface area contributed by atoms with Crippen molar-refractivity contribution in [2.24, 2.45) is 17.6 Å². The largest absolute Gasteiger partial charge is 0.416 e. The second kappa shape index (κ2) is 12.9. The van der Waals surface area contributed by atoms with Crippen molar-refractivity contribution in [1.29, 1.82) is 5.26 Å². The maximum Gasteiger partial charge on any atom is 0.416 e. The highest BCUT2D eigenvalue weighted by Gasteiger charge is 2.37. The van der Waals surface area contributed by atoms with Crippen LogP contribution in [-0.2, 0) is 30.5 Å². The zero-order chi connectivity index (χ0) is 28.7. The quantitative estimate of drug-likeness (QED) is 0.280. The van der Waals surface area contributed by atoms with Crippen molar-refractivity contribution in [2.45, 2.75) is 45.7 Å². The van der Waals surface area contributed by atoms with Crippen LogP contribution in [0, 0.1) is 23.2 Å². The van der Waals surface area contributed by atoms with Gasteiger partial charge in [-0.25, -0.2) is 4.98 Å². The topological polar surface area (TPSA) is 100.0 Å². The number of carbonyl (C=O) groups is 1. The molecule has 3 rings (SSSR count). The maximum atomic E-state index is 13.7. The molecule has 3 N–H and O–H groups in total. The predicted octanol–water partition coefficient (Wildman–Crippen LogP) is 4.50. The van der Waals surface area contributed by atoms with Crippen LogP contribution in [0.2, 0.25) is 0 Å². The molecule has 3 aromatic rings. The molecule has 1 unspecified atom stereocenters. The third-order valence-corrected chi connectivity index (χ3v) is 6.98. The van der Waals surface area contributed by atoms with Gasteiger partial charge in [-0.15, -0.1) is 0 Å². The lowest BCUT2D eigenvalue weighted by molar-refractivity contribution is -0.138. The van der Waals surface area contributed by atoms with Gasteiger partial charge in [0.05, 0.1) is 35.6 Å². The van der Waals surface area contributed by atoms with Crippen LogP contribution in [0.15, 0.2) is 61.1 Å². The molecule has 1 heterocycles. The smallest absolute Gasteiger partial charge is 0.366 e. The summed E-state index contributed by atoms with van der Waals surface area (Å²) in [5.41, 5.74) is 8.00. The summed E-state index contributed by atoms with van der Waals surface area (Å²) in [5.74, 6) is -1.12. The zero-order valence-electron chi connectivity index (χ0n) is 21.9. The van der Waals surface area contributed by atoms with E-state index in [0.717, 1.165) is 11.6 Å². The molecule has 0 bridgehead atoms. The van der Waals surface area contributed by atoms with E-state index < -0.39 is 23.8 Å². The van der Waals surface area contributed by atoms with Gasteiger partial charge in [0.15, 0.2) is 5.11 Å². The number of rotatable bonds is 10. The van der Waals surface area contributed by atoms with Gasteiger partial charge in [-0.05, 0) is 47.5 Å². The monoisotopic (exact) mass is 556 g/mol. The van der Waals surface area contributed by atoms with Gasteiger partial charge in [0.1, 0.15) is 5.78 Å². The van der Waals surface area contributed by atoms with Gasteiger partial charge in [0.2, 0.25) is 0 Å². The maximum absolute atomic E-state index is 13.7. The molecule has 2 atom stereocenters. The summed E-state index contributed by atoms with van der Waals surface area (Å²) in [6.45, 7) is 3.93. The minimum Gasteiger partial charge on any atom is -0.366 e. The molecule has 206 valence electrons. The van der Waals surface area contributed by atoms with Gasteiger partial charge < -0.3 is 20.5 Å². The number of hydrogen-bond acceptors (Lipinski definition) is 5. The Labute approximate surface area is 231 Å². The van der Waals surface area contributed by atoms with Crippen LogP contribution < -0.4 is 11.1 Å². The Kier molecular flexibility index (Phi) is 9.83. The van der Waals surface area contributed by atoms with Crippen molar-refractivity contribution in [3.8, 4) is 6.07 Å². The Bertz CT molecular complexity index is 1330. The number of halogens is 3. The summed E-state index contributed by atoms with van der Waals surface area (Å²) in [4.78, 5) is 19.3. The number of nitrogens with one attached hydrogen (secondary N) is 1. The number of ketones is 1. The van der Waals surface area contributed by atoms with Gasteiger partial charge in [-0.3, -0.25) is 4.79 Å². The van der Waals surface area contributed by atoms with Crippen LogP contribution in [0.1, 0.15) is 41.8 Å². The van der Waals surface area contributed by atoms with Crippen molar-refractivity contribution in [2.75, 3.05) is 7.05 Å². The molecule has 0 aliphatic heterocycles. The van der Waals surface area contributed by atoms with Crippen LogP contribution in [0.5, 0.6) is 0 Å². The van der Waals surface area contributed by atoms with Crippen molar-refractivity contribution in [1.82, 2.24) is 19.8 Å². The average Bonchev–Trinajstić information content (AvgIpc) is 3.32. The van der Waals surface area contributed by atoms with E-state index >= 15 is 0 Å². The van der Waals surface area contributed by atoms with Gasteiger partial charge in [0.25, 0.3) is 0 Å². The number of nitrogens with zero attached hydrogens (tertiary/aromatic N) is 4. The Morgan fingerprint density at radius 3 is 2.46 bits per heavy atom. The number of hydrogen-bond donors (Lipinski definition) is 2. The van der Waals surface area contributed by atoms with Crippen LogP contribution in [0.25, 0.3) is 0 Å². The fraction of sp³-hybridized carbons (Fsp3) is 0.357. The zero-order valence-corrected chi connectivity index (χ0v) is 22.8. The van der Waals surface area contributed by atoms with E-state index in [2.05, 4.69) is 16.4 Å². The SMILES string of the molecule is CNC(=S)N(Cc1ccccc1C(F)(F)F)C(N)[C@@H](C(=O)Cc1cncn1Cc1ccc(C#N)cc1)C(C)C. The molecule has 1 aromatic heterocycles. The van der Waals surface area contributed by atoms with E-state index in [0.29, 0.717) is 17.8 Å². The number of nitriles is 1. The summed E-state index contributed by atoms with van der Waals surface area (Å²) in [6, 6.07) is 14.5. The fourth-order valence-electron chi connectivity index (χ4n) is 4.54. The lowest BCUT2D eigenvalue weighted by atomic mass is 9.86. The molecule has 0 saturated carbocycles. The third kappa shape index (κ3) is 7.43. The molecule has 11 heteroatoms. The summed E-state index contributed by atoms with van der Waals surface area (Å²) >= 11 is 5.42. The Balaban J connectivity index is 1.85. The van der Waals surface area contributed by atoms with E-state index in [1.165, 1.54) is 23.1 Å². The Hall–Kier alpha value is -3.75. The first-order valence-electron chi connectivity index (χ1n) is 12.4. The second-order valence-electron chi connectivity index (χ2n) is 9.56. The molecule has 0 aliphatic rings. The molecule has 0 amide bonds. The number of Topliss-reactive ketones (excluding diaryl/α,β-unsaturated/α-hetero) is 1. The molecule has 0 spiro atoms. The summed E-state index contributed by atoms with van der Waals surface area (Å²) in [6.07, 6.45) is -2.25. The Morgan fingerprint density at radius 2 is 1.87 bits per heavy atom. The molecule has 0 saturated heterocycles. The number of carbonyl (C=O) groups excluding carboxylic acids is 1. The number of aromatic nitrogens is 2. The van der Waals surface area contributed by atoms with Gasteiger partial charge in [-0.2, -0.15) is 18.4 Å². The van der Waals surface area contributed by atoms with Crippen molar-refractivity contribution >= 4 is 23.1 Å². The molecule has 39 heavy (non-hydrogen) atoms. The first-order valence-corrected chi connectivity index (χ1v) is 12.8. The number of thiocarbonyl (C=S) groups is 1. The molecule has 0 aliphatic carbocycles. The fourth-order valence-corrected chi connectivity index (χ4v) is 4.73. The van der Waals surface area contributed by atoms with E-state index in [-0.39, 0.29) is 35.3 Å². The molecule has 7 nitrogen and oxygen atoms in total. The van der Waals surface area contributed by atoms with Gasteiger partial charge >= 0.3 is 6.18 Å². The second-order valence-corrected chi connectivity index (χ2v) is 9.95. The van der Waals surface area contributed by atoms with Crippen LogP contribution in [0.3, 0.4) is 0 Å². The molecule has 0 radical (unpaired) electrons. The molecular weight excluding hydrogens is 525 g/mol. The number of imidazole rings is 1. The highest BCUT2D eigenvalue weighted by atomic mass is 32.1. The van der Waals surface area contributed by atoms with E-state index in [1.54, 1.807) is 31.7 Å². The third-order valence-electron chi connectivity index (χ3n) is 6.55. The minimum atomic E-state index is -4.55. The lowest BCUT2D eigenvalue weighted by Gasteiger charge is -2.37. The first-order chi connectivity index (χ1) is 18.5. The highest BCUT2D eigenvalue weighted by molar-refractivity contribution is 7.80. The van der Waals surface area contributed by atoms with E-state index in [1.807, 2.05) is 30.5 Å². The van der Waals surface area contributed by atoms with Crippen molar-refractivity contribution in [3.05, 3.63) is 89.0 Å². The van der Waals surface area contributed by atoms with Crippen molar-refractivity contribution < 1.29 is 18.0 Å². The van der Waals surface area contributed by atoms with Gasteiger partial charge in [0, 0.05) is 38.4 Å². The van der Waals surface area contributed by atoms with Crippen molar-refractivity contribution in [3.63, 3.8) is 0 Å². The van der Waals surface area contributed by atoms with Crippen LogP contribution in [0.4, 0.5) is 13.2 Å². The normalized spacial score (nSPS) is 13.0. The van der Waals surface area contributed by atoms with Gasteiger partial charge in [-0.1, -0.05) is 44.2 Å².